The van der Waals surface area contributed by atoms with Crippen LogP contribution in [0.3, 0.4) is 0 Å². The Hall–Kier alpha value is -1.59. The smallest absolute Gasteiger partial charge is 0.255 e. The number of fused-ring (bicyclic) bond motifs is 1. The van der Waals surface area contributed by atoms with Gasteiger partial charge in [0.25, 0.3) is 5.91 Å². The van der Waals surface area contributed by atoms with E-state index in [1.54, 1.807) is 13.0 Å². The van der Waals surface area contributed by atoms with Gasteiger partial charge in [0.2, 0.25) is 0 Å². The summed E-state index contributed by atoms with van der Waals surface area (Å²) in [6, 6.07) is 1.63. The van der Waals surface area contributed by atoms with Crippen LogP contribution in [-0.2, 0) is 13.0 Å². The van der Waals surface area contributed by atoms with Gasteiger partial charge in [-0.3, -0.25) is 4.79 Å². The van der Waals surface area contributed by atoms with Gasteiger partial charge < -0.3 is 9.47 Å². The fourth-order valence-corrected chi connectivity index (χ4v) is 4.43. The Morgan fingerprint density at radius 2 is 2.08 bits per heavy atom. The summed E-state index contributed by atoms with van der Waals surface area (Å²) >= 11 is 12.0. The highest BCUT2D eigenvalue weighted by atomic mass is 35.5. The van der Waals surface area contributed by atoms with Crippen LogP contribution in [0.1, 0.15) is 59.2 Å². The van der Waals surface area contributed by atoms with E-state index in [0.717, 1.165) is 38.2 Å². The lowest BCUT2D eigenvalue weighted by molar-refractivity contribution is 0.0702. The molecule has 2 aromatic rings. The van der Waals surface area contributed by atoms with Crippen LogP contribution in [0.15, 0.2) is 12.3 Å². The largest absolute Gasteiger partial charge is 0.338 e. The predicted molar refractivity (Wildman–Crippen MR) is 102 cm³/mol. The molecule has 138 valence electrons. The number of carbonyl (C=O) groups excluding carboxylic acids is 1. The van der Waals surface area contributed by atoms with Crippen molar-refractivity contribution < 1.29 is 4.79 Å². The summed E-state index contributed by atoms with van der Waals surface area (Å²) in [7, 11) is 0. The van der Waals surface area contributed by atoms with Crippen LogP contribution in [0.5, 0.6) is 0 Å². The van der Waals surface area contributed by atoms with Crippen molar-refractivity contribution in [1.82, 2.24) is 19.4 Å². The highest BCUT2D eigenvalue weighted by molar-refractivity contribution is 6.41. The Labute approximate surface area is 163 Å². The summed E-state index contributed by atoms with van der Waals surface area (Å²) in [4.78, 5) is 23.8. The fourth-order valence-electron chi connectivity index (χ4n) is 4.10. The molecular weight excluding hydrogens is 371 g/mol. The standard InChI is InChI=1S/C19H22Cl2N4O/c1-12-15(9-16(20)17(21)23-12)19(26)24-7-4-5-13(11-24)18-22-10-14-6-2-3-8-25(14)18/h9-10,13H,2-8,11H2,1H3. The molecule has 4 rings (SSSR count). The molecule has 0 bridgehead atoms. The summed E-state index contributed by atoms with van der Waals surface area (Å²) < 4.78 is 2.37. The minimum absolute atomic E-state index is 0.0244. The molecule has 0 aliphatic carbocycles. The third-order valence-electron chi connectivity index (χ3n) is 5.46. The predicted octanol–water partition coefficient (Wildman–Crippen LogP) is 4.25. The summed E-state index contributed by atoms with van der Waals surface area (Å²) in [5.41, 5.74) is 2.48. The minimum Gasteiger partial charge on any atom is -0.338 e. The number of halogens is 2. The first-order valence-corrected chi connectivity index (χ1v) is 9.96. The Morgan fingerprint density at radius 1 is 1.23 bits per heavy atom. The number of rotatable bonds is 2. The molecule has 7 heteroatoms. The Bertz CT molecular complexity index is 848. The van der Waals surface area contributed by atoms with Gasteiger partial charge in [-0.15, -0.1) is 0 Å². The number of carbonyl (C=O) groups is 1. The molecule has 1 unspecified atom stereocenters. The average molecular weight is 393 g/mol. The van der Waals surface area contributed by atoms with Crippen molar-refractivity contribution in [3.63, 3.8) is 0 Å². The lowest BCUT2D eigenvalue weighted by Gasteiger charge is -2.33. The van der Waals surface area contributed by atoms with Gasteiger partial charge in [-0.25, -0.2) is 9.97 Å². The van der Waals surface area contributed by atoms with Crippen LogP contribution in [0.4, 0.5) is 0 Å². The van der Waals surface area contributed by atoms with Crippen LogP contribution < -0.4 is 0 Å². The molecule has 1 atom stereocenters. The van der Waals surface area contributed by atoms with Gasteiger partial charge in [-0.2, -0.15) is 0 Å². The van der Waals surface area contributed by atoms with E-state index in [9.17, 15) is 4.79 Å². The van der Waals surface area contributed by atoms with Crippen molar-refractivity contribution >= 4 is 29.1 Å². The average Bonchev–Trinajstić information content (AvgIpc) is 3.08. The Kier molecular flexibility index (Phi) is 4.93. The molecule has 1 amide bonds. The van der Waals surface area contributed by atoms with Crippen molar-refractivity contribution in [3.8, 4) is 0 Å². The van der Waals surface area contributed by atoms with Crippen molar-refractivity contribution in [3.05, 3.63) is 45.2 Å². The monoisotopic (exact) mass is 392 g/mol. The molecule has 4 heterocycles. The van der Waals surface area contributed by atoms with Gasteiger partial charge in [0.1, 0.15) is 11.0 Å². The third-order valence-corrected chi connectivity index (χ3v) is 6.13. The highest BCUT2D eigenvalue weighted by Crippen LogP contribution is 2.30. The molecule has 0 spiro atoms. The number of aryl methyl sites for hydroxylation is 2. The summed E-state index contributed by atoms with van der Waals surface area (Å²) in [6.07, 6.45) is 7.62. The Balaban J connectivity index is 1.56. The molecule has 2 aliphatic heterocycles. The number of hydrogen-bond donors (Lipinski definition) is 0. The molecule has 26 heavy (non-hydrogen) atoms. The molecule has 0 aromatic carbocycles. The van der Waals surface area contributed by atoms with Crippen LogP contribution >= 0.6 is 23.2 Å². The van der Waals surface area contributed by atoms with Crippen molar-refractivity contribution in [2.45, 2.75) is 51.5 Å². The van der Waals surface area contributed by atoms with E-state index in [4.69, 9.17) is 28.2 Å². The number of amides is 1. The molecule has 1 saturated heterocycles. The van der Waals surface area contributed by atoms with Crippen LogP contribution in [-0.4, -0.2) is 38.4 Å². The molecule has 0 N–H and O–H groups in total. The van der Waals surface area contributed by atoms with Crippen LogP contribution in [0, 0.1) is 6.92 Å². The number of nitrogens with zero attached hydrogens (tertiary/aromatic N) is 4. The number of aromatic nitrogens is 3. The molecular formula is C19H22Cl2N4O. The molecule has 0 saturated carbocycles. The second-order valence-corrected chi connectivity index (χ2v) is 7.97. The van der Waals surface area contributed by atoms with E-state index in [1.165, 1.54) is 18.5 Å². The zero-order valence-electron chi connectivity index (χ0n) is 14.8. The lowest BCUT2D eigenvalue weighted by atomic mass is 9.96. The van der Waals surface area contributed by atoms with E-state index in [-0.39, 0.29) is 17.0 Å². The van der Waals surface area contributed by atoms with E-state index in [2.05, 4.69) is 9.55 Å². The second-order valence-electron chi connectivity index (χ2n) is 7.20. The lowest BCUT2D eigenvalue weighted by Crippen LogP contribution is -2.40. The molecule has 0 radical (unpaired) electrons. The topological polar surface area (TPSA) is 51.0 Å². The van der Waals surface area contributed by atoms with E-state index in [1.807, 2.05) is 11.1 Å². The highest BCUT2D eigenvalue weighted by Gasteiger charge is 2.30. The summed E-state index contributed by atoms with van der Waals surface area (Å²) in [5.74, 6) is 1.40. The number of imidazole rings is 1. The number of likely N-dealkylation sites (tertiary alicyclic amines) is 1. The first-order valence-electron chi connectivity index (χ1n) is 9.21. The maximum atomic E-state index is 13.0. The number of piperidine rings is 1. The first kappa shape index (κ1) is 17.8. The summed E-state index contributed by atoms with van der Waals surface area (Å²) in [6.45, 7) is 4.28. The van der Waals surface area contributed by atoms with Crippen molar-refractivity contribution in [2.24, 2.45) is 0 Å². The first-order chi connectivity index (χ1) is 12.5. The zero-order valence-corrected chi connectivity index (χ0v) is 16.4. The van der Waals surface area contributed by atoms with Gasteiger partial charge in [-0.05, 0) is 45.1 Å². The van der Waals surface area contributed by atoms with Gasteiger partial charge in [0.05, 0.1) is 16.3 Å². The number of hydrogen-bond acceptors (Lipinski definition) is 3. The van der Waals surface area contributed by atoms with Gasteiger partial charge in [0.15, 0.2) is 0 Å². The van der Waals surface area contributed by atoms with Gasteiger partial charge >= 0.3 is 0 Å². The second kappa shape index (κ2) is 7.20. The van der Waals surface area contributed by atoms with Gasteiger partial charge in [0, 0.05) is 37.4 Å². The quantitative estimate of drug-likeness (QED) is 0.717. The van der Waals surface area contributed by atoms with E-state index < -0.39 is 0 Å². The fraction of sp³-hybridized carbons (Fsp3) is 0.526. The van der Waals surface area contributed by atoms with Crippen LogP contribution in [0.25, 0.3) is 0 Å². The van der Waals surface area contributed by atoms with Crippen molar-refractivity contribution in [2.75, 3.05) is 13.1 Å². The van der Waals surface area contributed by atoms with E-state index in [0.29, 0.717) is 22.8 Å². The summed E-state index contributed by atoms with van der Waals surface area (Å²) in [5, 5.41) is 0.553. The molecule has 2 aliphatic rings. The normalized spacial score (nSPS) is 20.1. The Morgan fingerprint density at radius 3 is 2.92 bits per heavy atom. The van der Waals surface area contributed by atoms with Crippen molar-refractivity contribution in [1.29, 1.82) is 0 Å². The molecule has 5 nitrogen and oxygen atoms in total. The van der Waals surface area contributed by atoms with E-state index >= 15 is 0 Å². The minimum atomic E-state index is -0.0244. The molecule has 1 fully saturated rings. The maximum Gasteiger partial charge on any atom is 0.255 e. The maximum absolute atomic E-state index is 13.0. The zero-order chi connectivity index (χ0) is 18.3. The SMILES string of the molecule is Cc1nc(Cl)c(Cl)cc1C(=O)N1CCCC(c2ncc3n2CCCC3)C1. The third kappa shape index (κ3) is 3.23. The van der Waals surface area contributed by atoms with Gasteiger partial charge in [-0.1, -0.05) is 23.2 Å². The number of pyridine rings is 1. The molecule has 2 aromatic heterocycles. The van der Waals surface area contributed by atoms with Crippen LogP contribution in [0.2, 0.25) is 10.2 Å².